The second-order valence-corrected chi connectivity index (χ2v) is 19.4. The van der Waals surface area contributed by atoms with Crippen LogP contribution >= 0.6 is 0 Å². The van der Waals surface area contributed by atoms with Crippen LogP contribution in [0.3, 0.4) is 0 Å². The van der Waals surface area contributed by atoms with Gasteiger partial charge in [0.25, 0.3) is 5.91 Å². The van der Waals surface area contributed by atoms with Gasteiger partial charge in [0.2, 0.25) is 0 Å². The number of rotatable bonds is 10. The fraction of sp³-hybridized carbons (Fsp3) is 0.0625. The number of H-pyrrole nitrogens is 2. The van der Waals surface area contributed by atoms with Gasteiger partial charge in [-0.2, -0.15) is 39.5 Å². The molecule has 6 N–H and O–H groups in total. The van der Waals surface area contributed by atoms with Gasteiger partial charge in [-0.25, -0.2) is 9.97 Å². The number of carbonyl (C=O) groups is 4. The number of hydrogen-bond acceptors (Lipinski definition) is 6. The minimum atomic E-state index is -5.34. The zero-order valence-corrected chi connectivity index (χ0v) is 43.9. The fourth-order valence-corrected chi connectivity index (χ4v) is 9.91. The lowest BCUT2D eigenvalue weighted by Crippen LogP contribution is -2.30. The number of aromatic amines is 2. The number of carbonyl (C=O) groups excluding carboxylic acids is 4. The molecule has 3 aromatic heterocycles. The summed E-state index contributed by atoms with van der Waals surface area (Å²) in [4.78, 5) is 69.0. The first-order valence-electron chi connectivity index (χ1n) is 25.8. The van der Waals surface area contributed by atoms with Gasteiger partial charge in [-0.3, -0.25) is 19.2 Å². The number of hydrogen-bond donors (Lipinski definition) is 6. The SMILES string of the molecule is Cc1ccc(-c2ccc(C(=O)Nc3ccccc3-c3c4nc(c(-c5ccccc5NC(=O)C(F)(F)F)c5ccc([nH]5)c(-c5ccccc5NC(=O)C(F)(F)F)c5nc(c(-c6ccccc6NC(=O)C(F)(F)F)c6ccc3[nH]6)C=C5)C=C4)cc2)cc1. The summed E-state index contributed by atoms with van der Waals surface area (Å²) in [5.41, 5.74) is 4.51. The topological polar surface area (TPSA) is 174 Å². The number of halogens is 9. The molecule has 6 aromatic carbocycles. The van der Waals surface area contributed by atoms with Crippen molar-refractivity contribution in [3.05, 3.63) is 204 Å². The summed E-state index contributed by atoms with van der Waals surface area (Å²) >= 11 is 0. The van der Waals surface area contributed by atoms with E-state index < -0.39 is 42.2 Å². The van der Waals surface area contributed by atoms with E-state index in [2.05, 4.69) is 15.3 Å². The quantitative estimate of drug-likeness (QED) is 0.0744. The van der Waals surface area contributed by atoms with Crippen molar-refractivity contribution in [2.24, 2.45) is 0 Å². The van der Waals surface area contributed by atoms with Gasteiger partial charge in [-0.05, 0) is 103 Å². The monoisotopic (exact) mass is 1160 g/mol. The Morgan fingerprint density at radius 1 is 0.353 bits per heavy atom. The van der Waals surface area contributed by atoms with Crippen LogP contribution < -0.4 is 21.3 Å². The Kier molecular flexibility index (Phi) is 14.6. The van der Waals surface area contributed by atoms with Crippen LogP contribution in [0.1, 0.15) is 38.7 Å². The van der Waals surface area contributed by atoms with Gasteiger partial charge < -0.3 is 31.2 Å². The molecule has 12 nitrogen and oxygen atoms in total. The van der Waals surface area contributed by atoms with Crippen LogP contribution in [0.15, 0.2) is 170 Å². The number of aryl methyl sites for hydroxylation is 1. The molecular weight excluding hydrogens is 1120 g/mol. The summed E-state index contributed by atoms with van der Waals surface area (Å²) in [5, 5.41) is 8.87. The molecule has 0 atom stereocenters. The van der Waals surface area contributed by atoms with E-state index >= 15 is 0 Å². The van der Waals surface area contributed by atoms with Crippen LogP contribution in [0.2, 0.25) is 0 Å². The van der Waals surface area contributed by atoms with Gasteiger partial charge in [-0.15, -0.1) is 0 Å². The van der Waals surface area contributed by atoms with Crippen LogP contribution in [0.5, 0.6) is 0 Å². The number of para-hydroxylation sites is 4. The number of nitrogens with zero attached hydrogens (tertiary/aromatic N) is 2. The van der Waals surface area contributed by atoms with Crippen LogP contribution in [-0.2, 0) is 14.4 Å². The smallest absolute Gasteiger partial charge is 0.354 e. The Labute approximate surface area is 475 Å². The second kappa shape index (κ2) is 22.2. The molecule has 0 saturated heterocycles. The molecule has 4 amide bonds. The van der Waals surface area contributed by atoms with E-state index in [1.807, 2.05) is 59.3 Å². The number of benzene rings is 6. The van der Waals surface area contributed by atoms with Gasteiger partial charge in [-0.1, -0.05) is 115 Å². The highest BCUT2D eigenvalue weighted by molar-refractivity contribution is 6.10. The Bertz CT molecular complexity index is 4360. The molecule has 2 aliphatic rings. The van der Waals surface area contributed by atoms with E-state index in [1.165, 1.54) is 97.1 Å². The van der Waals surface area contributed by atoms with E-state index in [-0.39, 0.29) is 101 Å². The lowest BCUT2D eigenvalue weighted by Gasteiger charge is -2.15. The third kappa shape index (κ3) is 11.5. The Morgan fingerprint density at radius 2 is 0.624 bits per heavy atom. The molecule has 21 heteroatoms. The first-order chi connectivity index (χ1) is 40.6. The van der Waals surface area contributed by atoms with Crippen LogP contribution in [0, 0.1) is 6.92 Å². The van der Waals surface area contributed by atoms with Gasteiger partial charge in [0.05, 0.1) is 22.8 Å². The average molecular weight is 1160 g/mol. The summed E-state index contributed by atoms with van der Waals surface area (Å²) in [6, 6.07) is 44.5. The van der Waals surface area contributed by atoms with Crippen LogP contribution in [0.4, 0.5) is 62.3 Å². The first kappa shape index (κ1) is 56.1. The highest BCUT2D eigenvalue weighted by Gasteiger charge is 2.41. The molecule has 8 bridgehead atoms. The van der Waals surface area contributed by atoms with E-state index in [9.17, 15) is 58.7 Å². The molecule has 0 radical (unpaired) electrons. The average Bonchev–Trinajstić information content (AvgIpc) is 3.54. The third-order valence-corrected chi connectivity index (χ3v) is 13.8. The fourth-order valence-electron chi connectivity index (χ4n) is 9.91. The molecule has 11 rings (SSSR count). The van der Waals surface area contributed by atoms with Crippen molar-refractivity contribution in [3.63, 3.8) is 0 Å². The molecule has 0 fully saturated rings. The van der Waals surface area contributed by atoms with Crippen molar-refractivity contribution in [2.75, 3.05) is 21.3 Å². The maximum absolute atomic E-state index is 14.3. The van der Waals surface area contributed by atoms with Crippen LogP contribution in [-0.4, -0.2) is 62.1 Å². The highest BCUT2D eigenvalue weighted by Crippen LogP contribution is 2.44. The van der Waals surface area contributed by atoms with Crippen LogP contribution in [0.25, 0.3) is 102 Å². The molecular formula is C64H41F9N8O4. The van der Waals surface area contributed by atoms with E-state index in [0.29, 0.717) is 16.7 Å². The van der Waals surface area contributed by atoms with E-state index in [4.69, 9.17) is 9.97 Å². The summed E-state index contributed by atoms with van der Waals surface area (Å²) in [7, 11) is 0. The largest absolute Gasteiger partial charge is 0.471 e. The number of amides is 4. The number of aromatic nitrogens is 4. The predicted octanol–water partition coefficient (Wildman–Crippen LogP) is 16.1. The summed E-state index contributed by atoms with van der Waals surface area (Å²) < 4.78 is 126. The van der Waals surface area contributed by atoms with Crippen molar-refractivity contribution in [2.45, 2.75) is 25.5 Å². The van der Waals surface area contributed by atoms with Crippen molar-refractivity contribution in [1.29, 1.82) is 0 Å². The Balaban J connectivity index is 1.22. The number of nitrogens with one attached hydrogen (secondary N) is 6. The third-order valence-electron chi connectivity index (χ3n) is 13.8. The van der Waals surface area contributed by atoms with Gasteiger partial charge in [0.1, 0.15) is 0 Å². The number of fused-ring (bicyclic) bond motifs is 8. The molecule has 0 saturated carbocycles. The maximum Gasteiger partial charge on any atom is 0.471 e. The zero-order chi connectivity index (χ0) is 60.0. The van der Waals surface area contributed by atoms with E-state index in [1.54, 1.807) is 60.7 Å². The van der Waals surface area contributed by atoms with Crippen molar-refractivity contribution in [1.82, 2.24) is 19.9 Å². The van der Waals surface area contributed by atoms with Crippen molar-refractivity contribution < 1.29 is 58.7 Å². The van der Waals surface area contributed by atoms with Crippen molar-refractivity contribution in [3.8, 4) is 55.6 Å². The summed E-state index contributed by atoms with van der Waals surface area (Å²) in [6.45, 7) is 1.97. The zero-order valence-electron chi connectivity index (χ0n) is 43.9. The molecule has 2 aliphatic heterocycles. The van der Waals surface area contributed by atoms with Gasteiger partial charge >= 0.3 is 36.3 Å². The lowest BCUT2D eigenvalue weighted by atomic mass is 10.0. The standard InChI is InChI=1S/C64H41F9N8O4/c1-34-18-20-35(21-19-34)36-22-24-37(25-23-36)58(82)78-42-14-6-2-10-38(42)54-46-26-28-48(74-46)55(39-11-3-7-15-43(39)79-59(83)62(65,66)67)50-30-32-52(76-50)57(41-13-5-9-17-45(41)81-61(85)64(71,72)73)53-33-31-51(77-53)56(49-29-27-47(54)75-49)40-12-4-8-16-44(40)80-60(84)63(68,69)70/h2-33,74,77H,1H3,(H,78,82)(H,79,83)(H,80,84)(H,81,85). The Hall–Kier alpha value is -10.8. The predicted molar refractivity (Wildman–Crippen MR) is 309 cm³/mol. The van der Waals surface area contributed by atoms with Gasteiger partial charge in [0.15, 0.2) is 0 Å². The van der Waals surface area contributed by atoms with Crippen molar-refractivity contribution >= 4 is 92.7 Å². The molecule has 85 heavy (non-hydrogen) atoms. The summed E-state index contributed by atoms with van der Waals surface area (Å²) in [6.07, 6.45) is -9.88. The number of alkyl halides is 9. The molecule has 0 spiro atoms. The lowest BCUT2D eigenvalue weighted by molar-refractivity contribution is -0.167. The molecule has 0 aliphatic carbocycles. The second-order valence-electron chi connectivity index (χ2n) is 19.4. The first-order valence-corrected chi connectivity index (χ1v) is 25.8. The maximum atomic E-state index is 14.3. The molecule has 0 unspecified atom stereocenters. The minimum absolute atomic E-state index is 0.0140. The minimum Gasteiger partial charge on any atom is -0.354 e. The highest BCUT2D eigenvalue weighted by atomic mass is 19.4. The summed E-state index contributed by atoms with van der Waals surface area (Å²) in [5.74, 6) is -7.39. The van der Waals surface area contributed by atoms with Gasteiger partial charge in [0, 0.05) is 94.9 Å². The molecule has 9 aromatic rings. The normalized spacial score (nSPS) is 12.2. The number of anilines is 4. The molecule has 5 heterocycles. The Morgan fingerprint density at radius 3 is 0.918 bits per heavy atom. The molecule has 424 valence electrons. The van der Waals surface area contributed by atoms with E-state index in [0.717, 1.165) is 16.7 Å².